The molecule has 2 fully saturated rings. The molecule has 7 heteroatoms. The Morgan fingerprint density at radius 3 is 2.56 bits per heavy atom. The van der Waals surface area contributed by atoms with Crippen molar-refractivity contribution in [3.8, 4) is 5.75 Å². The molecule has 148 valence electrons. The minimum absolute atomic E-state index is 0.00801. The molecular formula is C20H29N3O4. The zero-order chi connectivity index (χ0) is 19.6. The number of hydrogen-bond donors (Lipinski definition) is 3. The van der Waals surface area contributed by atoms with Gasteiger partial charge in [0.15, 0.2) is 0 Å². The molecule has 1 aromatic carbocycles. The molecule has 0 bridgehead atoms. The van der Waals surface area contributed by atoms with Crippen molar-refractivity contribution in [2.75, 3.05) is 32.5 Å². The van der Waals surface area contributed by atoms with Crippen molar-refractivity contribution in [3.63, 3.8) is 0 Å². The van der Waals surface area contributed by atoms with E-state index in [1.807, 2.05) is 19.0 Å². The monoisotopic (exact) mass is 375 g/mol. The van der Waals surface area contributed by atoms with Crippen molar-refractivity contribution in [3.05, 3.63) is 24.3 Å². The van der Waals surface area contributed by atoms with Crippen LogP contribution in [0, 0.1) is 11.8 Å². The van der Waals surface area contributed by atoms with E-state index in [1.54, 1.807) is 12.1 Å². The summed E-state index contributed by atoms with van der Waals surface area (Å²) in [5.41, 5.74) is 0.517. The Kier molecular flexibility index (Phi) is 6.01. The fourth-order valence-corrected chi connectivity index (χ4v) is 4.35. The predicted molar refractivity (Wildman–Crippen MR) is 102 cm³/mol. The molecule has 7 nitrogen and oxygen atoms in total. The highest BCUT2D eigenvalue weighted by Gasteiger charge is 2.43. The van der Waals surface area contributed by atoms with E-state index in [-0.39, 0.29) is 42.6 Å². The van der Waals surface area contributed by atoms with Gasteiger partial charge in [0.2, 0.25) is 11.8 Å². The van der Waals surface area contributed by atoms with Gasteiger partial charge in [-0.2, -0.15) is 0 Å². The molecule has 1 aromatic rings. The number of aliphatic hydroxyl groups is 1. The molecule has 2 aliphatic rings. The van der Waals surface area contributed by atoms with Gasteiger partial charge < -0.3 is 25.3 Å². The molecule has 0 spiro atoms. The number of aromatic hydroxyl groups is 1. The maximum absolute atomic E-state index is 12.5. The lowest BCUT2D eigenvalue weighted by Crippen LogP contribution is -2.46. The topological polar surface area (TPSA) is 93.1 Å². The summed E-state index contributed by atoms with van der Waals surface area (Å²) in [6, 6.07) is 6.49. The van der Waals surface area contributed by atoms with Gasteiger partial charge in [-0.05, 0) is 50.9 Å². The van der Waals surface area contributed by atoms with Crippen LogP contribution in [0.25, 0.3) is 0 Å². The first-order valence-electron chi connectivity index (χ1n) is 9.54. The van der Waals surface area contributed by atoms with E-state index in [9.17, 15) is 19.8 Å². The van der Waals surface area contributed by atoms with Gasteiger partial charge in [0.1, 0.15) is 5.75 Å². The lowest BCUT2D eigenvalue weighted by Gasteiger charge is -2.38. The Bertz CT molecular complexity index is 694. The van der Waals surface area contributed by atoms with Crippen molar-refractivity contribution in [2.24, 2.45) is 11.8 Å². The Morgan fingerprint density at radius 1 is 1.19 bits per heavy atom. The van der Waals surface area contributed by atoms with E-state index in [1.165, 1.54) is 12.1 Å². The summed E-state index contributed by atoms with van der Waals surface area (Å²) in [4.78, 5) is 28.5. The van der Waals surface area contributed by atoms with Gasteiger partial charge in [0.05, 0.1) is 6.10 Å². The summed E-state index contributed by atoms with van der Waals surface area (Å²) < 4.78 is 0. The fourth-order valence-electron chi connectivity index (χ4n) is 4.35. The Hall–Kier alpha value is -2.12. The zero-order valence-electron chi connectivity index (χ0n) is 16.0. The molecule has 2 amide bonds. The summed E-state index contributed by atoms with van der Waals surface area (Å²) in [7, 11) is 3.97. The largest absolute Gasteiger partial charge is 0.508 e. The van der Waals surface area contributed by atoms with Crippen molar-refractivity contribution >= 4 is 17.5 Å². The molecule has 1 aliphatic carbocycles. The lowest BCUT2D eigenvalue weighted by atomic mass is 9.77. The number of phenolic OH excluding ortho intramolecular Hbond substituents is 1. The van der Waals surface area contributed by atoms with E-state index in [2.05, 4.69) is 10.2 Å². The average molecular weight is 375 g/mol. The SMILES string of the molecule is CN(C)[C@@H]1C[C@@H]2CN(C(=O)CCC(=O)Nc3cccc(O)c3)C[C@@H]2C[C@H]1O. The fraction of sp³-hybridized carbons (Fsp3) is 0.600. The van der Waals surface area contributed by atoms with Crippen molar-refractivity contribution in [1.82, 2.24) is 9.80 Å². The second-order valence-corrected chi connectivity index (χ2v) is 7.99. The third-order valence-electron chi connectivity index (χ3n) is 5.82. The molecule has 0 unspecified atom stereocenters. The highest BCUT2D eigenvalue weighted by molar-refractivity contribution is 5.93. The summed E-state index contributed by atoms with van der Waals surface area (Å²) in [6.45, 7) is 1.39. The van der Waals surface area contributed by atoms with Crippen LogP contribution in [0.2, 0.25) is 0 Å². The van der Waals surface area contributed by atoms with Gasteiger partial charge in [0.25, 0.3) is 0 Å². The van der Waals surface area contributed by atoms with Crippen LogP contribution in [0.3, 0.4) is 0 Å². The number of carbonyl (C=O) groups excluding carboxylic acids is 2. The quantitative estimate of drug-likeness (QED) is 0.721. The molecule has 3 rings (SSSR count). The van der Waals surface area contributed by atoms with Crippen LogP contribution in [-0.2, 0) is 9.59 Å². The normalized spacial score (nSPS) is 27.5. The maximum Gasteiger partial charge on any atom is 0.224 e. The van der Waals surface area contributed by atoms with E-state index >= 15 is 0 Å². The number of phenols is 1. The number of amides is 2. The van der Waals surface area contributed by atoms with E-state index in [0.717, 1.165) is 19.4 Å². The van der Waals surface area contributed by atoms with Crippen molar-refractivity contribution in [2.45, 2.75) is 37.8 Å². The Balaban J connectivity index is 1.47. The second-order valence-electron chi connectivity index (χ2n) is 7.99. The number of likely N-dealkylation sites (tertiary alicyclic amines) is 1. The number of aliphatic hydroxyl groups excluding tert-OH is 1. The van der Waals surface area contributed by atoms with Crippen LogP contribution in [0.1, 0.15) is 25.7 Å². The standard InChI is InChI=1S/C20H29N3O4/c1-22(2)17-8-13-11-23(12-14(13)9-18(17)25)20(27)7-6-19(26)21-15-4-3-5-16(24)10-15/h3-5,10,13-14,17-18,24-25H,6-9,11-12H2,1-2H3,(H,21,26)/t13-,14+,17-,18-/m1/s1. The summed E-state index contributed by atoms with van der Waals surface area (Å²) in [5.74, 6) is 0.605. The van der Waals surface area contributed by atoms with Crippen LogP contribution in [0.15, 0.2) is 24.3 Å². The average Bonchev–Trinajstić information content (AvgIpc) is 3.01. The molecule has 27 heavy (non-hydrogen) atoms. The number of benzene rings is 1. The number of carbonyl (C=O) groups is 2. The molecular weight excluding hydrogens is 346 g/mol. The van der Waals surface area contributed by atoms with Crippen LogP contribution >= 0.6 is 0 Å². The highest BCUT2D eigenvalue weighted by Crippen LogP contribution is 2.38. The third kappa shape index (κ3) is 4.78. The smallest absolute Gasteiger partial charge is 0.224 e. The lowest BCUT2D eigenvalue weighted by molar-refractivity contribution is -0.132. The van der Waals surface area contributed by atoms with Crippen LogP contribution in [0.4, 0.5) is 5.69 Å². The highest BCUT2D eigenvalue weighted by atomic mass is 16.3. The predicted octanol–water partition coefficient (Wildman–Crippen LogP) is 1.27. The molecule has 0 aromatic heterocycles. The van der Waals surface area contributed by atoms with E-state index < -0.39 is 0 Å². The number of hydrogen-bond acceptors (Lipinski definition) is 5. The number of fused-ring (bicyclic) bond motifs is 1. The first kappa shape index (κ1) is 19.6. The maximum atomic E-state index is 12.5. The number of nitrogens with one attached hydrogen (secondary N) is 1. The van der Waals surface area contributed by atoms with Crippen molar-refractivity contribution < 1.29 is 19.8 Å². The molecule has 1 heterocycles. The van der Waals surface area contributed by atoms with Crippen LogP contribution in [0.5, 0.6) is 5.75 Å². The molecule has 1 aliphatic heterocycles. The minimum Gasteiger partial charge on any atom is -0.508 e. The van der Waals surface area contributed by atoms with Crippen LogP contribution in [-0.4, -0.2) is 71.2 Å². The van der Waals surface area contributed by atoms with Crippen LogP contribution < -0.4 is 5.32 Å². The van der Waals surface area contributed by atoms with Gasteiger partial charge in [-0.3, -0.25) is 9.59 Å². The van der Waals surface area contributed by atoms with Gasteiger partial charge in [-0.25, -0.2) is 0 Å². The minimum atomic E-state index is -0.343. The number of anilines is 1. The van der Waals surface area contributed by atoms with E-state index in [4.69, 9.17) is 0 Å². The zero-order valence-corrected chi connectivity index (χ0v) is 16.0. The Labute approximate surface area is 160 Å². The van der Waals surface area contributed by atoms with Gasteiger partial charge in [-0.15, -0.1) is 0 Å². The first-order valence-corrected chi connectivity index (χ1v) is 9.54. The summed E-state index contributed by atoms with van der Waals surface area (Å²) in [5, 5.41) is 22.5. The van der Waals surface area contributed by atoms with Crippen molar-refractivity contribution in [1.29, 1.82) is 0 Å². The third-order valence-corrected chi connectivity index (χ3v) is 5.82. The molecule has 1 saturated heterocycles. The van der Waals surface area contributed by atoms with Gasteiger partial charge in [0, 0.05) is 43.7 Å². The molecule has 4 atom stereocenters. The second kappa shape index (κ2) is 8.27. The first-order chi connectivity index (χ1) is 12.8. The number of likely N-dealkylation sites (N-methyl/N-ethyl adjacent to an activating group) is 1. The number of nitrogens with zero attached hydrogens (tertiary/aromatic N) is 2. The number of rotatable bonds is 5. The van der Waals surface area contributed by atoms with E-state index in [0.29, 0.717) is 24.1 Å². The molecule has 0 radical (unpaired) electrons. The Morgan fingerprint density at radius 2 is 1.89 bits per heavy atom. The molecule has 1 saturated carbocycles. The van der Waals surface area contributed by atoms with Gasteiger partial charge >= 0.3 is 0 Å². The summed E-state index contributed by atoms with van der Waals surface area (Å²) >= 11 is 0. The van der Waals surface area contributed by atoms with Gasteiger partial charge in [-0.1, -0.05) is 6.07 Å². The molecule has 3 N–H and O–H groups in total. The summed E-state index contributed by atoms with van der Waals surface area (Å²) in [6.07, 6.45) is 1.58.